The molecule has 4 heteroatoms. The average molecular weight is 308 g/mol. The van der Waals surface area contributed by atoms with Gasteiger partial charge in [0.2, 0.25) is 0 Å². The third kappa shape index (κ3) is 2.42. The van der Waals surface area contributed by atoms with E-state index in [9.17, 15) is 9.59 Å². The van der Waals surface area contributed by atoms with Crippen molar-refractivity contribution >= 4 is 17.5 Å². The number of esters is 2. The van der Waals surface area contributed by atoms with E-state index >= 15 is 0 Å². The topological polar surface area (TPSA) is 52.6 Å². The molecule has 0 saturated heterocycles. The summed E-state index contributed by atoms with van der Waals surface area (Å²) in [5.74, 6) is -1.18. The zero-order valence-corrected chi connectivity index (χ0v) is 12.9. The number of methoxy groups -OCH3 is 1. The van der Waals surface area contributed by atoms with Crippen LogP contribution in [0.4, 0.5) is 0 Å². The van der Waals surface area contributed by atoms with Crippen LogP contribution in [0, 0.1) is 6.92 Å². The SMILES string of the molecule is COC(=O)[C@@]1(c2ccc(C)cc2)OC(=O)C=C1c1ccccc1. The summed E-state index contributed by atoms with van der Waals surface area (Å²) in [4.78, 5) is 24.6. The number of benzene rings is 2. The molecule has 1 atom stereocenters. The fourth-order valence-corrected chi connectivity index (χ4v) is 2.78. The van der Waals surface area contributed by atoms with Crippen molar-refractivity contribution in [3.05, 3.63) is 77.4 Å². The minimum atomic E-state index is -1.57. The third-order valence-corrected chi connectivity index (χ3v) is 3.91. The summed E-state index contributed by atoms with van der Waals surface area (Å²) in [6.45, 7) is 1.95. The average Bonchev–Trinajstić information content (AvgIpc) is 2.94. The van der Waals surface area contributed by atoms with Crippen molar-refractivity contribution < 1.29 is 19.1 Å². The molecule has 3 rings (SSSR count). The summed E-state index contributed by atoms with van der Waals surface area (Å²) in [6.07, 6.45) is 1.35. The summed E-state index contributed by atoms with van der Waals surface area (Å²) in [7, 11) is 1.28. The zero-order chi connectivity index (χ0) is 16.4. The lowest BCUT2D eigenvalue weighted by Gasteiger charge is -2.29. The van der Waals surface area contributed by atoms with E-state index in [1.807, 2.05) is 49.4 Å². The third-order valence-electron chi connectivity index (χ3n) is 3.91. The Labute approximate surface area is 134 Å². The van der Waals surface area contributed by atoms with E-state index in [0.29, 0.717) is 11.1 Å². The molecular weight excluding hydrogens is 292 g/mol. The van der Waals surface area contributed by atoms with Crippen molar-refractivity contribution in [3.8, 4) is 0 Å². The van der Waals surface area contributed by atoms with Gasteiger partial charge >= 0.3 is 11.9 Å². The lowest BCUT2D eigenvalue weighted by Crippen LogP contribution is -2.39. The Bertz CT molecular complexity index is 775. The number of ether oxygens (including phenoxy) is 2. The van der Waals surface area contributed by atoms with Gasteiger partial charge in [0, 0.05) is 17.2 Å². The molecule has 0 amide bonds. The number of rotatable bonds is 3. The largest absolute Gasteiger partial charge is 0.466 e. The first-order valence-electron chi connectivity index (χ1n) is 7.24. The summed E-state index contributed by atoms with van der Waals surface area (Å²) in [6, 6.07) is 16.5. The van der Waals surface area contributed by atoms with Crippen LogP contribution in [-0.4, -0.2) is 19.0 Å². The highest BCUT2D eigenvalue weighted by molar-refractivity contribution is 6.09. The summed E-state index contributed by atoms with van der Waals surface area (Å²) < 4.78 is 10.5. The molecule has 0 radical (unpaired) electrons. The first-order valence-corrected chi connectivity index (χ1v) is 7.24. The van der Waals surface area contributed by atoms with E-state index in [0.717, 1.165) is 11.1 Å². The molecule has 23 heavy (non-hydrogen) atoms. The second kappa shape index (κ2) is 5.72. The zero-order valence-electron chi connectivity index (χ0n) is 12.9. The van der Waals surface area contributed by atoms with Gasteiger partial charge in [0.25, 0.3) is 5.60 Å². The van der Waals surface area contributed by atoms with Crippen molar-refractivity contribution in [1.29, 1.82) is 0 Å². The molecule has 2 aromatic rings. The Balaban J connectivity index is 2.23. The molecule has 1 aliphatic rings. The van der Waals surface area contributed by atoms with Gasteiger partial charge in [-0.3, -0.25) is 0 Å². The van der Waals surface area contributed by atoms with Crippen molar-refractivity contribution in [2.45, 2.75) is 12.5 Å². The fraction of sp³-hybridized carbons (Fsp3) is 0.158. The summed E-state index contributed by atoms with van der Waals surface area (Å²) >= 11 is 0. The molecule has 4 nitrogen and oxygen atoms in total. The van der Waals surface area contributed by atoms with Crippen LogP contribution in [0.3, 0.4) is 0 Å². The smallest absolute Gasteiger partial charge is 0.360 e. The van der Waals surface area contributed by atoms with Crippen LogP contribution in [0.15, 0.2) is 60.7 Å². The molecular formula is C19H16O4. The number of aryl methyl sites for hydroxylation is 1. The Morgan fingerprint density at radius 2 is 1.70 bits per heavy atom. The van der Waals surface area contributed by atoms with Crippen molar-refractivity contribution in [2.75, 3.05) is 7.11 Å². The van der Waals surface area contributed by atoms with Gasteiger partial charge in [-0.05, 0) is 12.5 Å². The van der Waals surface area contributed by atoms with E-state index in [1.165, 1.54) is 13.2 Å². The molecule has 0 saturated carbocycles. The Morgan fingerprint density at radius 1 is 1.04 bits per heavy atom. The molecule has 0 aromatic heterocycles. The Hall–Kier alpha value is -2.88. The van der Waals surface area contributed by atoms with Gasteiger partial charge in [0.05, 0.1) is 7.11 Å². The van der Waals surface area contributed by atoms with Gasteiger partial charge in [-0.15, -0.1) is 0 Å². The highest BCUT2D eigenvalue weighted by Gasteiger charge is 2.53. The molecule has 0 fully saturated rings. The fourth-order valence-electron chi connectivity index (χ4n) is 2.78. The predicted molar refractivity (Wildman–Crippen MR) is 85.4 cm³/mol. The molecule has 0 unspecified atom stereocenters. The quantitative estimate of drug-likeness (QED) is 0.818. The normalized spacial score (nSPS) is 19.9. The molecule has 0 aliphatic carbocycles. The van der Waals surface area contributed by atoms with E-state index in [1.54, 1.807) is 12.1 Å². The summed E-state index contributed by atoms with van der Waals surface area (Å²) in [5, 5.41) is 0. The lowest BCUT2D eigenvalue weighted by atomic mass is 9.82. The van der Waals surface area contributed by atoms with E-state index in [2.05, 4.69) is 0 Å². The van der Waals surface area contributed by atoms with Crippen LogP contribution in [0.2, 0.25) is 0 Å². The standard InChI is InChI=1S/C19H16O4/c1-13-8-10-15(11-9-13)19(18(21)22-2)16(12-17(20)23-19)14-6-4-3-5-7-14/h3-12H,1-2H3/t19-/m0/s1. The first-order chi connectivity index (χ1) is 11.1. The lowest BCUT2D eigenvalue weighted by molar-refractivity contribution is -0.169. The maximum atomic E-state index is 12.6. The van der Waals surface area contributed by atoms with Crippen LogP contribution in [0.25, 0.3) is 5.57 Å². The maximum Gasteiger partial charge on any atom is 0.360 e. The van der Waals surface area contributed by atoms with Crippen LogP contribution in [0.1, 0.15) is 16.7 Å². The minimum Gasteiger partial charge on any atom is -0.466 e. The van der Waals surface area contributed by atoms with Gasteiger partial charge in [-0.1, -0.05) is 60.2 Å². The highest BCUT2D eigenvalue weighted by Crippen LogP contribution is 2.44. The number of hydrogen-bond donors (Lipinski definition) is 0. The van der Waals surface area contributed by atoms with Crippen molar-refractivity contribution in [2.24, 2.45) is 0 Å². The molecule has 0 N–H and O–H groups in total. The molecule has 116 valence electrons. The van der Waals surface area contributed by atoms with Crippen LogP contribution in [0.5, 0.6) is 0 Å². The van der Waals surface area contributed by atoms with Gasteiger partial charge in [-0.25, -0.2) is 9.59 Å². The van der Waals surface area contributed by atoms with Gasteiger partial charge in [0.1, 0.15) is 0 Å². The van der Waals surface area contributed by atoms with Gasteiger partial charge < -0.3 is 9.47 Å². The number of carbonyl (C=O) groups excluding carboxylic acids is 2. The number of carbonyl (C=O) groups is 2. The first kappa shape index (κ1) is 15.0. The van der Waals surface area contributed by atoms with E-state index < -0.39 is 17.5 Å². The van der Waals surface area contributed by atoms with Crippen molar-refractivity contribution in [1.82, 2.24) is 0 Å². The summed E-state index contributed by atoms with van der Waals surface area (Å²) in [5.41, 5.74) is 1.27. The van der Waals surface area contributed by atoms with Crippen molar-refractivity contribution in [3.63, 3.8) is 0 Å². The number of cyclic esters (lactones) is 1. The van der Waals surface area contributed by atoms with E-state index in [4.69, 9.17) is 9.47 Å². The molecule has 1 heterocycles. The molecule has 0 spiro atoms. The molecule has 0 bridgehead atoms. The number of hydrogen-bond acceptors (Lipinski definition) is 4. The molecule has 1 aliphatic heterocycles. The van der Waals surface area contributed by atoms with Crippen LogP contribution >= 0.6 is 0 Å². The van der Waals surface area contributed by atoms with E-state index in [-0.39, 0.29) is 0 Å². The maximum absolute atomic E-state index is 12.6. The predicted octanol–water partition coefficient (Wildman–Crippen LogP) is 3.00. The molecule has 2 aromatic carbocycles. The Kier molecular flexibility index (Phi) is 3.74. The minimum absolute atomic E-state index is 0.485. The second-order valence-corrected chi connectivity index (χ2v) is 5.38. The van der Waals surface area contributed by atoms with Crippen LogP contribution < -0.4 is 0 Å². The van der Waals surface area contributed by atoms with Gasteiger partial charge in [0.15, 0.2) is 0 Å². The highest BCUT2D eigenvalue weighted by atomic mass is 16.6. The Morgan fingerprint density at radius 3 is 2.30 bits per heavy atom. The second-order valence-electron chi connectivity index (χ2n) is 5.38. The van der Waals surface area contributed by atoms with Crippen LogP contribution in [-0.2, 0) is 24.7 Å². The monoisotopic (exact) mass is 308 g/mol. The van der Waals surface area contributed by atoms with Gasteiger partial charge in [-0.2, -0.15) is 0 Å².